The van der Waals surface area contributed by atoms with Crippen LogP contribution in [0.4, 0.5) is 5.69 Å². The summed E-state index contributed by atoms with van der Waals surface area (Å²) in [6.45, 7) is 7.99. The van der Waals surface area contributed by atoms with E-state index in [0.717, 1.165) is 31.6 Å². The van der Waals surface area contributed by atoms with Crippen LogP contribution in [0.5, 0.6) is 5.75 Å². The Morgan fingerprint density at radius 3 is 2.52 bits per heavy atom. The van der Waals surface area contributed by atoms with E-state index in [9.17, 15) is 10.1 Å². The van der Waals surface area contributed by atoms with E-state index in [0.29, 0.717) is 23.2 Å². The molecule has 0 bridgehead atoms. The quantitative estimate of drug-likeness (QED) is 0.601. The number of piperidine rings is 1. The number of anilines is 1. The molecule has 0 N–H and O–H groups in total. The monoisotopic (exact) mass is 363 g/mol. The molecule has 0 spiro atoms. The minimum Gasteiger partial charge on any atom is -0.495 e. The summed E-state index contributed by atoms with van der Waals surface area (Å²) in [5.74, 6) is 1.17. The Morgan fingerprint density at radius 1 is 1.40 bits per heavy atom. The Balaban J connectivity index is 1.97. The van der Waals surface area contributed by atoms with Crippen molar-refractivity contribution in [3.05, 3.63) is 23.2 Å². The molecule has 5 nitrogen and oxygen atoms in total. The van der Waals surface area contributed by atoms with E-state index in [-0.39, 0.29) is 11.3 Å². The summed E-state index contributed by atoms with van der Waals surface area (Å²) in [6.07, 6.45) is 4.06. The number of benzene rings is 1. The van der Waals surface area contributed by atoms with Crippen LogP contribution in [0.25, 0.3) is 0 Å². The van der Waals surface area contributed by atoms with Crippen LogP contribution in [0.1, 0.15) is 33.6 Å². The van der Waals surface area contributed by atoms with Gasteiger partial charge in [0.25, 0.3) is 0 Å². The highest BCUT2D eigenvalue weighted by molar-refractivity contribution is 6.32. The summed E-state index contributed by atoms with van der Waals surface area (Å²) in [5, 5.41) is 10.0. The van der Waals surface area contributed by atoms with Gasteiger partial charge in [-0.15, -0.1) is 0 Å². The molecule has 1 aromatic rings. The number of hydrogen-bond donors (Lipinski definition) is 0. The van der Waals surface area contributed by atoms with Crippen LogP contribution >= 0.6 is 11.6 Å². The molecule has 1 heterocycles. The average molecular weight is 364 g/mol. The van der Waals surface area contributed by atoms with E-state index in [1.165, 1.54) is 0 Å². The molecule has 1 aliphatic rings. The SMILES string of the molecule is COc1ccc(N(C#N)CC2CCN(C(=O)C(C)(C)C)CC2)cc1Cl. The molecule has 0 aliphatic carbocycles. The molecular weight excluding hydrogens is 338 g/mol. The molecule has 1 amide bonds. The molecule has 1 saturated heterocycles. The van der Waals surface area contributed by atoms with Crippen molar-refractivity contribution in [3.8, 4) is 11.9 Å². The first kappa shape index (κ1) is 19.4. The molecule has 136 valence electrons. The summed E-state index contributed by atoms with van der Waals surface area (Å²) >= 11 is 6.16. The molecule has 1 aromatic carbocycles. The molecular formula is C19H26ClN3O2. The fraction of sp³-hybridized carbons (Fsp3) is 0.579. The summed E-state index contributed by atoms with van der Waals surface area (Å²) in [4.78, 5) is 16.0. The van der Waals surface area contributed by atoms with Gasteiger partial charge in [-0.25, -0.2) is 0 Å². The molecule has 1 aliphatic heterocycles. The Labute approximate surface area is 155 Å². The standard InChI is InChI=1S/C19H26ClN3O2/c1-19(2,3)18(24)22-9-7-14(8-10-22)12-23(13-21)15-5-6-17(25-4)16(20)11-15/h5-6,11,14H,7-10,12H2,1-4H3. The van der Waals surface area contributed by atoms with Crippen LogP contribution in [0, 0.1) is 22.8 Å². The van der Waals surface area contributed by atoms with Gasteiger partial charge in [-0.3, -0.25) is 9.69 Å². The van der Waals surface area contributed by atoms with E-state index >= 15 is 0 Å². The zero-order valence-electron chi connectivity index (χ0n) is 15.4. The first-order chi connectivity index (χ1) is 11.8. The van der Waals surface area contributed by atoms with Crippen LogP contribution in [0.2, 0.25) is 5.02 Å². The molecule has 0 aromatic heterocycles. The second kappa shape index (κ2) is 7.97. The van der Waals surface area contributed by atoms with Crippen LogP contribution in [-0.2, 0) is 4.79 Å². The number of carbonyl (C=O) groups excluding carboxylic acids is 1. The molecule has 2 rings (SSSR count). The fourth-order valence-corrected chi connectivity index (χ4v) is 3.33. The maximum Gasteiger partial charge on any atom is 0.227 e. The van der Waals surface area contributed by atoms with Crippen molar-refractivity contribution < 1.29 is 9.53 Å². The van der Waals surface area contributed by atoms with Gasteiger partial charge in [0.15, 0.2) is 6.19 Å². The Bertz CT molecular complexity index is 656. The highest BCUT2D eigenvalue weighted by atomic mass is 35.5. The maximum atomic E-state index is 12.4. The van der Waals surface area contributed by atoms with Crippen molar-refractivity contribution >= 4 is 23.2 Å². The number of methoxy groups -OCH3 is 1. The average Bonchev–Trinajstić information content (AvgIpc) is 2.58. The number of amides is 1. The number of nitriles is 1. The lowest BCUT2D eigenvalue weighted by atomic mass is 9.91. The predicted molar refractivity (Wildman–Crippen MR) is 99.7 cm³/mol. The van der Waals surface area contributed by atoms with Gasteiger partial charge in [-0.1, -0.05) is 32.4 Å². The number of rotatable bonds is 4. The van der Waals surface area contributed by atoms with Crippen molar-refractivity contribution in [2.75, 3.05) is 31.6 Å². The van der Waals surface area contributed by atoms with E-state index < -0.39 is 0 Å². The molecule has 0 radical (unpaired) electrons. The first-order valence-corrected chi connectivity index (χ1v) is 8.94. The summed E-state index contributed by atoms with van der Waals surface area (Å²) < 4.78 is 5.15. The minimum absolute atomic E-state index is 0.199. The number of nitrogens with zero attached hydrogens (tertiary/aromatic N) is 3. The highest BCUT2D eigenvalue weighted by Crippen LogP contribution is 2.30. The van der Waals surface area contributed by atoms with Crippen molar-refractivity contribution in [1.82, 2.24) is 4.90 Å². The number of ether oxygens (including phenoxy) is 1. The number of hydrogen-bond acceptors (Lipinski definition) is 4. The van der Waals surface area contributed by atoms with Gasteiger partial charge in [-0.05, 0) is 37.0 Å². The second-order valence-electron chi connectivity index (χ2n) is 7.52. The van der Waals surface area contributed by atoms with Gasteiger partial charge in [0.2, 0.25) is 5.91 Å². The molecule has 1 fully saturated rings. The topological polar surface area (TPSA) is 56.6 Å². The number of likely N-dealkylation sites (tertiary alicyclic amines) is 1. The number of halogens is 1. The van der Waals surface area contributed by atoms with Crippen molar-refractivity contribution in [2.24, 2.45) is 11.3 Å². The van der Waals surface area contributed by atoms with Crippen LogP contribution in [0.15, 0.2) is 18.2 Å². The Hall–Kier alpha value is -1.93. The third kappa shape index (κ3) is 4.79. The van der Waals surface area contributed by atoms with E-state index in [2.05, 4.69) is 6.19 Å². The molecule has 25 heavy (non-hydrogen) atoms. The molecule has 0 atom stereocenters. The molecule has 0 saturated carbocycles. The first-order valence-electron chi connectivity index (χ1n) is 8.56. The van der Waals surface area contributed by atoms with Gasteiger partial charge in [-0.2, -0.15) is 5.26 Å². The lowest BCUT2D eigenvalue weighted by Gasteiger charge is -2.36. The van der Waals surface area contributed by atoms with E-state index in [1.807, 2.05) is 31.7 Å². The predicted octanol–water partition coefficient (Wildman–Crippen LogP) is 3.92. The lowest BCUT2D eigenvalue weighted by Crippen LogP contribution is -2.45. The van der Waals surface area contributed by atoms with E-state index in [4.69, 9.17) is 16.3 Å². The van der Waals surface area contributed by atoms with Gasteiger partial charge in [0.05, 0.1) is 17.8 Å². The molecule has 0 unspecified atom stereocenters. The summed E-state index contributed by atoms with van der Waals surface area (Å²) in [6, 6.07) is 5.36. The largest absolute Gasteiger partial charge is 0.495 e. The highest BCUT2D eigenvalue weighted by Gasteiger charge is 2.30. The van der Waals surface area contributed by atoms with Crippen molar-refractivity contribution in [3.63, 3.8) is 0 Å². The minimum atomic E-state index is -0.342. The third-order valence-corrected chi connectivity index (χ3v) is 4.85. The fourth-order valence-electron chi connectivity index (χ4n) is 3.08. The van der Waals surface area contributed by atoms with Gasteiger partial charge in [0, 0.05) is 25.0 Å². The summed E-state index contributed by atoms with van der Waals surface area (Å²) in [7, 11) is 1.57. The smallest absolute Gasteiger partial charge is 0.227 e. The third-order valence-electron chi connectivity index (χ3n) is 4.55. The molecule has 6 heteroatoms. The normalized spacial score (nSPS) is 15.6. The summed E-state index contributed by atoms with van der Waals surface area (Å²) in [5.41, 5.74) is 0.423. The van der Waals surface area contributed by atoms with Crippen LogP contribution in [0.3, 0.4) is 0 Å². The van der Waals surface area contributed by atoms with Crippen molar-refractivity contribution in [1.29, 1.82) is 5.26 Å². The number of carbonyl (C=O) groups is 1. The Kier molecular flexibility index (Phi) is 6.18. The van der Waals surface area contributed by atoms with Gasteiger partial charge in [0.1, 0.15) is 5.75 Å². The second-order valence-corrected chi connectivity index (χ2v) is 7.92. The lowest BCUT2D eigenvalue weighted by molar-refractivity contribution is -0.140. The zero-order chi connectivity index (χ0) is 18.6. The van der Waals surface area contributed by atoms with Gasteiger partial charge >= 0.3 is 0 Å². The van der Waals surface area contributed by atoms with Crippen LogP contribution in [-0.4, -0.2) is 37.6 Å². The maximum absolute atomic E-state index is 12.4. The van der Waals surface area contributed by atoms with E-state index in [1.54, 1.807) is 24.1 Å². The zero-order valence-corrected chi connectivity index (χ0v) is 16.1. The van der Waals surface area contributed by atoms with Gasteiger partial charge < -0.3 is 9.64 Å². The Morgan fingerprint density at radius 2 is 2.04 bits per heavy atom. The van der Waals surface area contributed by atoms with Crippen molar-refractivity contribution in [2.45, 2.75) is 33.6 Å². The van der Waals surface area contributed by atoms with Crippen LogP contribution < -0.4 is 9.64 Å².